The number of imidazole rings is 1. The fourth-order valence-corrected chi connectivity index (χ4v) is 5.07. The van der Waals surface area contributed by atoms with Gasteiger partial charge in [-0.25, -0.2) is 4.98 Å². The molecule has 3 aromatic rings. The molecular formula is C30H35F3N6O3. The van der Waals surface area contributed by atoms with Gasteiger partial charge in [-0.3, -0.25) is 9.59 Å². The highest BCUT2D eigenvalue weighted by Gasteiger charge is 2.30. The molecule has 0 aliphatic carbocycles. The highest BCUT2D eigenvalue weighted by atomic mass is 19.4. The van der Waals surface area contributed by atoms with E-state index in [9.17, 15) is 22.8 Å². The van der Waals surface area contributed by atoms with Crippen molar-refractivity contribution in [3.8, 4) is 17.6 Å². The molecule has 0 unspecified atom stereocenters. The van der Waals surface area contributed by atoms with Crippen LogP contribution < -0.4 is 15.4 Å². The van der Waals surface area contributed by atoms with Crippen LogP contribution in [0.25, 0.3) is 11.0 Å². The van der Waals surface area contributed by atoms with E-state index in [1.807, 2.05) is 7.05 Å². The molecule has 2 aromatic carbocycles. The molecule has 1 saturated heterocycles. The molecule has 1 aromatic heterocycles. The summed E-state index contributed by atoms with van der Waals surface area (Å²) in [5.41, 5.74) is 1.93. The van der Waals surface area contributed by atoms with Gasteiger partial charge in [-0.1, -0.05) is 18.8 Å². The molecule has 1 aliphatic rings. The van der Waals surface area contributed by atoms with Gasteiger partial charge >= 0.3 is 6.18 Å². The zero-order valence-corrected chi connectivity index (χ0v) is 24.3. The lowest BCUT2D eigenvalue weighted by Gasteiger charge is -2.35. The number of benzene rings is 2. The van der Waals surface area contributed by atoms with Crippen molar-refractivity contribution in [1.29, 1.82) is 0 Å². The van der Waals surface area contributed by atoms with E-state index in [1.165, 1.54) is 18.1 Å². The number of fused-ring (bicyclic) bond motifs is 1. The topological polar surface area (TPSA) is 91.7 Å². The Hall–Kier alpha value is -4.24. The number of alkyl halides is 3. The fraction of sp³-hybridized carbons (Fsp3) is 0.433. The normalized spacial score (nSPS) is 17.3. The van der Waals surface area contributed by atoms with Crippen LogP contribution in [0.3, 0.4) is 0 Å². The van der Waals surface area contributed by atoms with Gasteiger partial charge in [0.15, 0.2) is 0 Å². The molecule has 9 nitrogen and oxygen atoms in total. The van der Waals surface area contributed by atoms with Crippen molar-refractivity contribution in [2.75, 3.05) is 53.2 Å². The third-order valence-electron chi connectivity index (χ3n) is 7.20. The number of aromatic nitrogens is 2. The smallest absolute Gasteiger partial charge is 0.406 e. The lowest BCUT2D eigenvalue weighted by Crippen LogP contribution is -2.48. The number of carbonyl (C=O) groups excluding carboxylic acids is 2. The van der Waals surface area contributed by atoms with Crippen LogP contribution in [-0.4, -0.2) is 91.3 Å². The maximum absolute atomic E-state index is 13.4. The number of hydrogen-bond acceptors (Lipinski definition) is 6. The van der Waals surface area contributed by atoms with E-state index >= 15 is 0 Å². The Morgan fingerprint density at radius 2 is 1.98 bits per heavy atom. The van der Waals surface area contributed by atoms with Crippen molar-refractivity contribution in [3.63, 3.8) is 0 Å². The number of piperidine rings is 1. The SMILES string of the molecule is COc1ccc(C(=O)N(C)C)cc1NCC#Cc1cc(C(=O)N[C@H]2CCN(C)C[C@@H]2C)c2ncn(CC(F)(F)F)c2c1. The number of carbonyl (C=O) groups is 2. The maximum Gasteiger partial charge on any atom is 0.406 e. The molecule has 224 valence electrons. The van der Waals surface area contributed by atoms with Gasteiger partial charge in [0.05, 0.1) is 36.7 Å². The van der Waals surface area contributed by atoms with Crippen molar-refractivity contribution in [3.05, 3.63) is 53.3 Å². The standard InChI is InChI=1S/C30H35F3N6O3/c1-19-16-38(4)12-10-23(19)36-28(40)22-13-20(14-25-27(22)35-18-39(25)17-30(31,32)33)7-6-11-34-24-15-21(29(41)37(2)3)8-9-26(24)42-5/h8-9,13-15,18-19,23,34H,10-12,16-17H2,1-5H3,(H,36,40)/t19-,23-/m0/s1. The van der Waals surface area contributed by atoms with Gasteiger partial charge in [-0.2, -0.15) is 13.2 Å². The number of hydrogen-bond donors (Lipinski definition) is 2. The fourth-order valence-electron chi connectivity index (χ4n) is 5.07. The zero-order chi connectivity index (χ0) is 30.6. The molecule has 4 rings (SSSR count). The van der Waals surface area contributed by atoms with Crippen molar-refractivity contribution in [2.45, 2.75) is 32.1 Å². The minimum absolute atomic E-state index is 0.0647. The molecule has 1 fully saturated rings. The van der Waals surface area contributed by atoms with Crippen LogP contribution in [0.4, 0.5) is 18.9 Å². The first-order chi connectivity index (χ1) is 19.9. The largest absolute Gasteiger partial charge is 0.495 e. The van der Waals surface area contributed by atoms with Crippen LogP contribution in [0.5, 0.6) is 5.75 Å². The minimum Gasteiger partial charge on any atom is -0.495 e. The van der Waals surface area contributed by atoms with E-state index in [0.29, 0.717) is 22.6 Å². The summed E-state index contributed by atoms with van der Waals surface area (Å²) in [6.45, 7) is 2.63. The van der Waals surface area contributed by atoms with Crippen molar-refractivity contribution in [1.82, 2.24) is 24.7 Å². The second-order valence-corrected chi connectivity index (χ2v) is 10.8. The second kappa shape index (κ2) is 12.7. The number of rotatable bonds is 7. The first-order valence-corrected chi connectivity index (χ1v) is 13.5. The van der Waals surface area contributed by atoms with Gasteiger partial charge in [0.1, 0.15) is 17.8 Å². The van der Waals surface area contributed by atoms with Gasteiger partial charge in [0.2, 0.25) is 0 Å². The van der Waals surface area contributed by atoms with Crippen LogP contribution in [0, 0.1) is 17.8 Å². The van der Waals surface area contributed by atoms with E-state index < -0.39 is 18.6 Å². The molecular weight excluding hydrogens is 549 g/mol. The Balaban J connectivity index is 1.62. The highest BCUT2D eigenvalue weighted by molar-refractivity contribution is 6.05. The lowest BCUT2D eigenvalue weighted by atomic mass is 9.93. The van der Waals surface area contributed by atoms with E-state index in [0.717, 1.165) is 30.4 Å². The molecule has 0 bridgehead atoms. The van der Waals surface area contributed by atoms with Gasteiger partial charge in [-0.05, 0) is 56.3 Å². The van der Waals surface area contributed by atoms with Crippen LogP contribution in [0.2, 0.25) is 0 Å². The first-order valence-electron chi connectivity index (χ1n) is 13.5. The van der Waals surface area contributed by atoms with Crippen molar-refractivity contribution >= 4 is 28.5 Å². The number of likely N-dealkylation sites (tertiary alicyclic amines) is 1. The summed E-state index contributed by atoms with van der Waals surface area (Å²) in [6, 6.07) is 8.01. The summed E-state index contributed by atoms with van der Waals surface area (Å²) in [6.07, 6.45) is -2.60. The molecule has 1 aliphatic heterocycles. The Bertz CT molecular complexity index is 1520. The van der Waals surface area contributed by atoms with Crippen LogP contribution in [-0.2, 0) is 6.54 Å². The van der Waals surface area contributed by atoms with Gasteiger partial charge in [0.25, 0.3) is 11.8 Å². The Labute approximate surface area is 243 Å². The molecule has 0 spiro atoms. The summed E-state index contributed by atoms with van der Waals surface area (Å²) < 4.78 is 46.2. The molecule has 2 heterocycles. The summed E-state index contributed by atoms with van der Waals surface area (Å²) in [7, 11) is 6.85. The average molecular weight is 585 g/mol. The van der Waals surface area contributed by atoms with E-state index in [1.54, 1.807) is 38.4 Å². The maximum atomic E-state index is 13.4. The molecule has 0 radical (unpaired) electrons. The molecule has 2 amide bonds. The van der Waals surface area contributed by atoms with Crippen molar-refractivity contribution in [2.24, 2.45) is 5.92 Å². The zero-order valence-electron chi connectivity index (χ0n) is 24.3. The summed E-state index contributed by atoms with van der Waals surface area (Å²) in [5.74, 6) is 6.08. The number of nitrogens with one attached hydrogen (secondary N) is 2. The van der Waals surface area contributed by atoms with Gasteiger partial charge in [0, 0.05) is 37.8 Å². The summed E-state index contributed by atoms with van der Waals surface area (Å²) in [4.78, 5) is 33.6. The van der Waals surface area contributed by atoms with E-state index in [4.69, 9.17) is 4.74 Å². The van der Waals surface area contributed by atoms with Crippen molar-refractivity contribution < 1.29 is 27.5 Å². The first kappa shape index (κ1) is 30.7. The Kier molecular flexibility index (Phi) is 9.31. The number of amides is 2. The van der Waals surface area contributed by atoms with Crippen LogP contribution >= 0.6 is 0 Å². The molecule has 2 atom stereocenters. The Morgan fingerprint density at radius 1 is 1.21 bits per heavy atom. The number of methoxy groups -OCH3 is 1. The lowest BCUT2D eigenvalue weighted by molar-refractivity contribution is -0.139. The van der Waals surface area contributed by atoms with Crippen LogP contribution in [0.1, 0.15) is 39.6 Å². The third kappa shape index (κ3) is 7.33. The Morgan fingerprint density at radius 3 is 2.64 bits per heavy atom. The van der Waals surface area contributed by atoms with Crippen LogP contribution in [0.15, 0.2) is 36.7 Å². The second-order valence-electron chi connectivity index (χ2n) is 10.8. The third-order valence-corrected chi connectivity index (χ3v) is 7.20. The van der Waals surface area contributed by atoms with E-state index in [-0.39, 0.29) is 41.0 Å². The average Bonchev–Trinajstić information content (AvgIpc) is 3.32. The number of anilines is 1. The van der Waals surface area contributed by atoms with Gasteiger partial charge < -0.3 is 29.7 Å². The highest BCUT2D eigenvalue weighted by Crippen LogP contribution is 2.27. The quantitative estimate of drug-likeness (QED) is 0.410. The number of ether oxygens (including phenoxy) is 1. The number of halogens is 3. The van der Waals surface area contributed by atoms with E-state index in [2.05, 4.69) is 39.3 Å². The predicted molar refractivity (Wildman–Crippen MR) is 155 cm³/mol. The molecule has 12 heteroatoms. The summed E-state index contributed by atoms with van der Waals surface area (Å²) >= 11 is 0. The molecule has 2 N–H and O–H groups in total. The monoisotopic (exact) mass is 584 g/mol. The molecule has 42 heavy (non-hydrogen) atoms. The molecule has 0 saturated carbocycles. The van der Waals surface area contributed by atoms with Gasteiger partial charge in [-0.15, -0.1) is 0 Å². The summed E-state index contributed by atoms with van der Waals surface area (Å²) in [5, 5.41) is 6.19. The minimum atomic E-state index is -4.47. The predicted octanol–water partition coefficient (Wildman–Crippen LogP) is 3.84. The number of nitrogens with zero attached hydrogens (tertiary/aromatic N) is 4.